The number of ketones is 1. The Balaban J connectivity index is 1.75. The van der Waals surface area contributed by atoms with Crippen molar-refractivity contribution in [2.75, 3.05) is 18.5 Å². The molecule has 0 unspecified atom stereocenters. The molecular formula is C19H23N3O4. The van der Waals surface area contributed by atoms with Crippen LogP contribution in [0, 0.1) is 13.8 Å². The normalized spacial score (nSPS) is 12.8. The maximum absolute atomic E-state index is 12.4. The number of Topliss-reactive ketones (excluding diaryl/α,β-unsaturated/α-hetero) is 1. The smallest absolute Gasteiger partial charge is 0.224 e. The van der Waals surface area contributed by atoms with Gasteiger partial charge in [-0.15, -0.1) is 0 Å². The number of rotatable bonds is 5. The molecule has 0 saturated carbocycles. The molecule has 26 heavy (non-hydrogen) atoms. The van der Waals surface area contributed by atoms with Crippen molar-refractivity contribution in [2.45, 2.75) is 33.6 Å². The van der Waals surface area contributed by atoms with Crippen molar-refractivity contribution < 1.29 is 19.1 Å². The molecule has 0 atom stereocenters. The molecule has 1 aliphatic heterocycles. The van der Waals surface area contributed by atoms with Gasteiger partial charge in [0.15, 0.2) is 17.3 Å². The van der Waals surface area contributed by atoms with Gasteiger partial charge in [0.25, 0.3) is 0 Å². The first-order valence-corrected chi connectivity index (χ1v) is 8.60. The van der Waals surface area contributed by atoms with Gasteiger partial charge in [0.05, 0.1) is 11.4 Å². The van der Waals surface area contributed by atoms with Crippen LogP contribution in [0.15, 0.2) is 12.1 Å². The highest BCUT2D eigenvalue weighted by molar-refractivity contribution is 6.04. The van der Waals surface area contributed by atoms with Crippen LogP contribution in [0.4, 0.5) is 5.69 Å². The number of nitrogens with one attached hydrogen (secondary N) is 1. The van der Waals surface area contributed by atoms with Crippen molar-refractivity contribution in [3.63, 3.8) is 0 Å². The van der Waals surface area contributed by atoms with Crippen LogP contribution in [-0.4, -0.2) is 34.7 Å². The van der Waals surface area contributed by atoms with E-state index >= 15 is 0 Å². The topological polar surface area (TPSA) is 82.5 Å². The molecule has 0 radical (unpaired) electrons. The zero-order valence-electron chi connectivity index (χ0n) is 15.5. The first-order chi connectivity index (χ1) is 12.4. The number of hydrogen-bond acceptors (Lipinski definition) is 5. The average molecular weight is 357 g/mol. The summed E-state index contributed by atoms with van der Waals surface area (Å²) in [4.78, 5) is 24.4. The van der Waals surface area contributed by atoms with E-state index in [4.69, 9.17) is 9.47 Å². The number of hydrogen-bond donors (Lipinski definition) is 1. The molecule has 0 bridgehead atoms. The van der Waals surface area contributed by atoms with Gasteiger partial charge in [-0.25, -0.2) is 0 Å². The van der Waals surface area contributed by atoms with Crippen LogP contribution in [0.3, 0.4) is 0 Å². The number of ether oxygens (including phenoxy) is 2. The highest BCUT2D eigenvalue weighted by Crippen LogP contribution is 2.36. The molecule has 3 rings (SSSR count). The Hall–Kier alpha value is -2.83. The molecule has 1 amide bonds. The summed E-state index contributed by atoms with van der Waals surface area (Å²) in [5.41, 5.74) is 3.93. The van der Waals surface area contributed by atoms with E-state index in [-0.39, 0.29) is 11.7 Å². The molecule has 1 aromatic heterocycles. The predicted molar refractivity (Wildman–Crippen MR) is 97.1 cm³/mol. The Morgan fingerprint density at radius 3 is 2.42 bits per heavy atom. The van der Waals surface area contributed by atoms with E-state index < -0.39 is 0 Å². The minimum Gasteiger partial charge on any atom is -0.486 e. The quantitative estimate of drug-likeness (QED) is 0.832. The Labute approximate surface area is 152 Å². The van der Waals surface area contributed by atoms with E-state index in [1.807, 2.05) is 25.6 Å². The van der Waals surface area contributed by atoms with Gasteiger partial charge in [-0.2, -0.15) is 5.10 Å². The molecule has 1 aliphatic rings. The fourth-order valence-electron chi connectivity index (χ4n) is 3.11. The van der Waals surface area contributed by atoms with Crippen molar-refractivity contribution >= 4 is 17.4 Å². The highest BCUT2D eigenvalue weighted by Gasteiger charge is 2.19. The van der Waals surface area contributed by atoms with Crippen LogP contribution in [0.5, 0.6) is 11.5 Å². The average Bonchev–Trinajstić information content (AvgIpc) is 2.84. The summed E-state index contributed by atoms with van der Waals surface area (Å²) in [5, 5.41) is 7.20. The minimum atomic E-state index is -0.160. The molecule has 2 heterocycles. The van der Waals surface area contributed by atoms with E-state index in [1.54, 1.807) is 12.1 Å². The Morgan fingerprint density at radius 2 is 1.85 bits per heavy atom. The van der Waals surface area contributed by atoms with Gasteiger partial charge in [-0.3, -0.25) is 14.3 Å². The SMILES string of the molecule is CC(=O)c1cc2c(cc1NC(=O)CCc1c(C)nn(C)c1C)OCCO2. The molecular weight excluding hydrogens is 334 g/mol. The lowest BCUT2D eigenvalue weighted by Gasteiger charge is -2.20. The van der Waals surface area contributed by atoms with Crippen LogP contribution >= 0.6 is 0 Å². The van der Waals surface area contributed by atoms with Crippen LogP contribution in [0.25, 0.3) is 0 Å². The Bertz CT molecular complexity index is 870. The van der Waals surface area contributed by atoms with E-state index in [2.05, 4.69) is 10.4 Å². The highest BCUT2D eigenvalue weighted by atomic mass is 16.6. The maximum atomic E-state index is 12.4. The van der Waals surface area contributed by atoms with Crippen molar-refractivity contribution in [3.05, 3.63) is 34.6 Å². The number of fused-ring (bicyclic) bond motifs is 1. The monoisotopic (exact) mass is 357 g/mol. The van der Waals surface area contributed by atoms with E-state index in [1.165, 1.54) is 6.92 Å². The fraction of sp³-hybridized carbons (Fsp3) is 0.421. The van der Waals surface area contributed by atoms with Gasteiger partial charge in [0.2, 0.25) is 5.91 Å². The molecule has 0 aliphatic carbocycles. The molecule has 1 aromatic carbocycles. The zero-order chi connectivity index (χ0) is 18.8. The van der Waals surface area contributed by atoms with E-state index in [0.29, 0.717) is 48.8 Å². The number of carbonyl (C=O) groups is 2. The fourth-order valence-corrected chi connectivity index (χ4v) is 3.11. The molecule has 0 spiro atoms. The van der Waals surface area contributed by atoms with Crippen molar-refractivity contribution in [3.8, 4) is 11.5 Å². The van der Waals surface area contributed by atoms with Crippen LogP contribution in [0.1, 0.15) is 40.7 Å². The number of anilines is 1. The second-order valence-electron chi connectivity index (χ2n) is 6.42. The second kappa shape index (κ2) is 7.19. The standard InChI is InChI=1S/C19H23N3O4/c1-11-14(12(2)22(4)21-11)5-6-19(24)20-16-10-18-17(25-7-8-26-18)9-15(16)13(3)23/h9-10H,5-8H2,1-4H3,(H,20,24). The second-order valence-corrected chi connectivity index (χ2v) is 6.42. The van der Waals surface area contributed by atoms with Crippen LogP contribution < -0.4 is 14.8 Å². The maximum Gasteiger partial charge on any atom is 0.224 e. The summed E-state index contributed by atoms with van der Waals surface area (Å²) in [6.45, 7) is 6.28. The summed E-state index contributed by atoms with van der Waals surface area (Å²) in [6, 6.07) is 3.28. The van der Waals surface area contributed by atoms with Crippen molar-refractivity contribution in [2.24, 2.45) is 7.05 Å². The first kappa shape index (κ1) is 18.0. The third kappa shape index (κ3) is 3.56. The summed E-state index contributed by atoms with van der Waals surface area (Å²) >= 11 is 0. The zero-order valence-corrected chi connectivity index (χ0v) is 15.5. The number of benzene rings is 1. The molecule has 0 saturated heterocycles. The number of carbonyl (C=O) groups excluding carboxylic acids is 2. The number of aryl methyl sites for hydroxylation is 2. The van der Waals surface area contributed by atoms with Gasteiger partial charge >= 0.3 is 0 Å². The van der Waals surface area contributed by atoms with Gasteiger partial charge in [-0.1, -0.05) is 0 Å². The lowest BCUT2D eigenvalue weighted by atomic mass is 10.1. The summed E-state index contributed by atoms with van der Waals surface area (Å²) in [6.07, 6.45) is 0.899. The van der Waals surface area contributed by atoms with Crippen molar-refractivity contribution in [1.82, 2.24) is 9.78 Å². The first-order valence-electron chi connectivity index (χ1n) is 8.60. The number of aromatic nitrogens is 2. The Morgan fingerprint density at radius 1 is 1.19 bits per heavy atom. The third-order valence-electron chi connectivity index (χ3n) is 4.60. The molecule has 7 nitrogen and oxygen atoms in total. The lowest BCUT2D eigenvalue weighted by Crippen LogP contribution is -2.18. The summed E-state index contributed by atoms with van der Waals surface area (Å²) < 4.78 is 12.9. The minimum absolute atomic E-state index is 0.142. The largest absolute Gasteiger partial charge is 0.486 e. The molecule has 0 fully saturated rings. The third-order valence-corrected chi connectivity index (χ3v) is 4.60. The summed E-state index contributed by atoms with van der Waals surface area (Å²) in [7, 11) is 1.89. The van der Waals surface area contributed by atoms with Gasteiger partial charge in [0, 0.05) is 30.8 Å². The molecule has 7 heteroatoms. The van der Waals surface area contributed by atoms with Gasteiger partial charge in [0.1, 0.15) is 13.2 Å². The van der Waals surface area contributed by atoms with Crippen LogP contribution in [-0.2, 0) is 18.3 Å². The van der Waals surface area contributed by atoms with E-state index in [9.17, 15) is 9.59 Å². The Kier molecular flexibility index (Phi) is 4.97. The van der Waals surface area contributed by atoms with Gasteiger partial charge < -0.3 is 14.8 Å². The molecule has 138 valence electrons. The molecule has 2 aromatic rings. The summed E-state index contributed by atoms with van der Waals surface area (Å²) in [5.74, 6) is 0.764. The van der Waals surface area contributed by atoms with Crippen molar-refractivity contribution in [1.29, 1.82) is 0 Å². The number of nitrogens with zero attached hydrogens (tertiary/aromatic N) is 2. The lowest BCUT2D eigenvalue weighted by molar-refractivity contribution is -0.116. The molecule has 1 N–H and O–H groups in total. The number of amides is 1. The predicted octanol–water partition coefficient (Wildman–Crippen LogP) is 2.58. The van der Waals surface area contributed by atoms with E-state index in [0.717, 1.165) is 17.0 Å². The van der Waals surface area contributed by atoms with Crippen LogP contribution in [0.2, 0.25) is 0 Å². The van der Waals surface area contributed by atoms with Gasteiger partial charge in [-0.05, 0) is 38.8 Å².